The van der Waals surface area contributed by atoms with Crippen molar-refractivity contribution in [3.05, 3.63) is 11.9 Å². The van der Waals surface area contributed by atoms with Crippen molar-refractivity contribution in [2.75, 3.05) is 0 Å². The SMILES string of the molecule is O=C(NC1CC(C(=O)O)C1)c1cnsn1. The van der Waals surface area contributed by atoms with Crippen molar-refractivity contribution >= 4 is 23.6 Å². The summed E-state index contributed by atoms with van der Waals surface area (Å²) in [4.78, 5) is 21.9. The summed E-state index contributed by atoms with van der Waals surface area (Å²) in [6, 6.07) is -0.0414. The van der Waals surface area contributed by atoms with Gasteiger partial charge in [-0.15, -0.1) is 0 Å². The Kier molecular flexibility index (Phi) is 2.63. The van der Waals surface area contributed by atoms with Crippen molar-refractivity contribution in [2.24, 2.45) is 5.92 Å². The average Bonchev–Trinajstić information content (AvgIpc) is 2.61. The van der Waals surface area contributed by atoms with Crippen molar-refractivity contribution in [2.45, 2.75) is 18.9 Å². The summed E-state index contributed by atoms with van der Waals surface area (Å²) in [5, 5.41) is 11.3. The molecule has 1 fully saturated rings. The fraction of sp³-hybridized carbons (Fsp3) is 0.500. The maximum absolute atomic E-state index is 11.4. The molecule has 7 heteroatoms. The van der Waals surface area contributed by atoms with Crippen LogP contribution in [0.25, 0.3) is 0 Å². The average molecular weight is 227 g/mol. The highest BCUT2D eigenvalue weighted by atomic mass is 32.1. The molecule has 1 aliphatic carbocycles. The number of aliphatic carboxylic acids is 1. The van der Waals surface area contributed by atoms with Gasteiger partial charge in [0, 0.05) is 6.04 Å². The van der Waals surface area contributed by atoms with Crippen LogP contribution in [0, 0.1) is 5.92 Å². The van der Waals surface area contributed by atoms with Gasteiger partial charge in [-0.05, 0) is 12.8 Å². The van der Waals surface area contributed by atoms with Gasteiger partial charge in [0.15, 0.2) is 5.69 Å². The van der Waals surface area contributed by atoms with Crippen molar-refractivity contribution in [1.29, 1.82) is 0 Å². The van der Waals surface area contributed by atoms with E-state index in [0.717, 1.165) is 11.7 Å². The fourth-order valence-corrected chi connectivity index (χ4v) is 1.87. The molecule has 1 amide bonds. The van der Waals surface area contributed by atoms with Gasteiger partial charge < -0.3 is 10.4 Å². The zero-order valence-electron chi connectivity index (χ0n) is 7.71. The van der Waals surface area contributed by atoms with Crippen LogP contribution in [0.1, 0.15) is 23.3 Å². The Balaban J connectivity index is 1.81. The van der Waals surface area contributed by atoms with Gasteiger partial charge in [0.05, 0.1) is 23.8 Å². The molecule has 1 aliphatic rings. The standard InChI is InChI=1S/C8H9N3O3S/c12-7(6-3-9-15-11-6)10-5-1-4(2-5)8(13)14/h3-5H,1-2H2,(H,10,12)(H,13,14). The second kappa shape index (κ2) is 3.93. The molecule has 0 bridgehead atoms. The van der Waals surface area contributed by atoms with Crippen LogP contribution in [0.15, 0.2) is 6.20 Å². The minimum atomic E-state index is -0.796. The molecule has 1 saturated carbocycles. The smallest absolute Gasteiger partial charge is 0.306 e. The molecule has 0 saturated heterocycles. The lowest BCUT2D eigenvalue weighted by Gasteiger charge is -2.32. The molecule has 0 atom stereocenters. The van der Waals surface area contributed by atoms with E-state index in [1.807, 2.05) is 0 Å². The number of hydrogen-bond acceptors (Lipinski definition) is 5. The molecule has 0 unspecified atom stereocenters. The highest BCUT2D eigenvalue weighted by molar-refractivity contribution is 6.99. The Hall–Kier alpha value is -1.50. The molecule has 2 rings (SSSR count). The minimum absolute atomic E-state index is 0.0414. The monoisotopic (exact) mass is 227 g/mol. The van der Waals surface area contributed by atoms with Gasteiger partial charge in [0.1, 0.15) is 0 Å². The van der Waals surface area contributed by atoms with Crippen LogP contribution in [0.3, 0.4) is 0 Å². The van der Waals surface area contributed by atoms with E-state index >= 15 is 0 Å². The van der Waals surface area contributed by atoms with Crippen LogP contribution in [-0.2, 0) is 4.79 Å². The molecular formula is C8H9N3O3S. The third-order valence-corrected chi connectivity index (χ3v) is 2.89. The Bertz CT molecular complexity index is 372. The van der Waals surface area contributed by atoms with Crippen LogP contribution in [0.5, 0.6) is 0 Å². The molecule has 1 heterocycles. The van der Waals surface area contributed by atoms with Crippen LogP contribution in [0.4, 0.5) is 0 Å². The van der Waals surface area contributed by atoms with E-state index < -0.39 is 5.97 Å². The summed E-state index contributed by atoms with van der Waals surface area (Å²) in [6.45, 7) is 0. The number of carboxylic acid groups (broad SMARTS) is 1. The molecule has 0 radical (unpaired) electrons. The molecule has 0 spiro atoms. The molecule has 0 aromatic carbocycles. The van der Waals surface area contributed by atoms with Crippen LogP contribution >= 0.6 is 11.7 Å². The molecule has 6 nitrogen and oxygen atoms in total. The first-order valence-electron chi connectivity index (χ1n) is 4.48. The zero-order valence-corrected chi connectivity index (χ0v) is 8.53. The van der Waals surface area contributed by atoms with Crippen LogP contribution in [-0.4, -0.2) is 31.8 Å². The van der Waals surface area contributed by atoms with Gasteiger partial charge in [-0.1, -0.05) is 0 Å². The van der Waals surface area contributed by atoms with Crippen LogP contribution in [0.2, 0.25) is 0 Å². The number of carboxylic acids is 1. The van der Waals surface area contributed by atoms with E-state index in [1.54, 1.807) is 0 Å². The van der Waals surface area contributed by atoms with Gasteiger partial charge in [-0.2, -0.15) is 8.75 Å². The Morgan fingerprint density at radius 1 is 1.53 bits per heavy atom. The molecular weight excluding hydrogens is 218 g/mol. The molecule has 80 valence electrons. The van der Waals surface area contributed by atoms with E-state index in [9.17, 15) is 9.59 Å². The van der Waals surface area contributed by atoms with E-state index in [2.05, 4.69) is 14.1 Å². The second-order valence-electron chi connectivity index (χ2n) is 3.47. The van der Waals surface area contributed by atoms with Crippen molar-refractivity contribution in [3.8, 4) is 0 Å². The van der Waals surface area contributed by atoms with Crippen LogP contribution < -0.4 is 5.32 Å². The van der Waals surface area contributed by atoms with Gasteiger partial charge in [0.2, 0.25) is 0 Å². The van der Waals surface area contributed by atoms with Gasteiger partial charge in [-0.25, -0.2) is 0 Å². The summed E-state index contributed by atoms with van der Waals surface area (Å²) >= 11 is 0.971. The second-order valence-corrected chi connectivity index (χ2v) is 4.03. The number of amides is 1. The number of aromatic nitrogens is 2. The molecule has 0 aliphatic heterocycles. The first kappa shape index (κ1) is 10.0. The quantitative estimate of drug-likeness (QED) is 0.765. The van der Waals surface area contributed by atoms with Crippen molar-refractivity contribution < 1.29 is 14.7 Å². The molecule has 1 aromatic heterocycles. The number of rotatable bonds is 3. The van der Waals surface area contributed by atoms with E-state index in [-0.39, 0.29) is 17.9 Å². The Labute approximate surface area is 89.6 Å². The number of carbonyl (C=O) groups is 2. The van der Waals surface area contributed by atoms with E-state index in [4.69, 9.17) is 5.11 Å². The molecule has 15 heavy (non-hydrogen) atoms. The lowest BCUT2D eigenvalue weighted by Crippen LogP contribution is -2.46. The summed E-state index contributed by atoms with van der Waals surface area (Å²) in [5.41, 5.74) is 0.291. The van der Waals surface area contributed by atoms with E-state index in [1.165, 1.54) is 6.20 Å². The number of nitrogens with zero attached hydrogens (tertiary/aromatic N) is 2. The number of carbonyl (C=O) groups excluding carboxylic acids is 1. The number of nitrogens with one attached hydrogen (secondary N) is 1. The predicted molar refractivity (Wildman–Crippen MR) is 51.5 cm³/mol. The summed E-state index contributed by atoms with van der Waals surface area (Å²) in [5.74, 6) is -1.39. The maximum Gasteiger partial charge on any atom is 0.306 e. The van der Waals surface area contributed by atoms with Crippen molar-refractivity contribution in [1.82, 2.24) is 14.1 Å². The van der Waals surface area contributed by atoms with Gasteiger partial charge in [0.25, 0.3) is 5.91 Å². The highest BCUT2D eigenvalue weighted by Crippen LogP contribution is 2.27. The lowest BCUT2D eigenvalue weighted by molar-refractivity contribution is -0.145. The van der Waals surface area contributed by atoms with Gasteiger partial charge >= 0.3 is 5.97 Å². The van der Waals surface area contributed by atoms with Crippen molar-refractivity contribution in [3.63, 3.8) is 0 Å². The third kappa shape index (κ3) is 2.12. The third-order valence-electron chi connectivity index (χ3n) is 2.42. The Morgan fingerprint density at radius 3 is 2.80 bits per heavy atom. The lowest BCUT2D eigenvalue weighted by atomic mass is 9.80. The molecule has 1 aromatic rings. The first-order chi connectivity index (χ1) is 7.16. The molecule has 2 N–H and O–H groups in total. The normalized spacial score (nSPS) is 24.3. The topological polar surface area (TPSA) is 92.2 Å². The summed E-state index contributed by atoms with van der Waals surface area (Å²) in [6.07, 6.45) is 2.39. The van der Waals surface area contributed by atoms with Gasteiger partial charge in [-0.3, -0.25) is 9.59 Å². The summed E-state index contributed by atoms with van der Waals surface area (Å²) in [7, 11) is 0. The largest absolute Gasteiger partial charge is 0.481 e. The predicted octanol–water partition coefficient (Wildman–Crippen LogP) is 0.131. The van der Waals surface area contributed by atoms with E-state index in [0.29, 0.717) is 18.5 Å². The summed E-state index contributed by atoms with van der Waals surface area (Å²) < 4.78 is 7.50. The maximum atomic E-state index is 11.4. The number of hydrogen-bond donors (Lipinski definition) is 2. The Morgan fingerprint density at radius 2 is 2.27 bits per heavy atom. The first-order valence-corrected chi connectivity index (χ1v) is 5.21. The highest BCUT2D eigenvalue weighted by Gasteiger charge is 2.35. The fourth-order valence-electron chi connectivity index (χ4n) is 1.46. The minimum Gasteiger partial charge on any atom is -0.481 e. The zero-order chi connectivity index (χ0) is 10.8.